The number of nitrogens with one attached hydrogen (secondary N) is 1. The van der Waals surface area contributed by atoms with Crippen molar-refractivity contribution in [3.8, 4) is 5.69 Å². The van der Waals surface area contributed by atoms with Crippen LogP contribution in [0.3, 0.4) is 0 Å². The van der Waals surface area contributed by atoms with Crippen LogP contribution in [0.5, 0.6) is 0 Å². The van der Waals surface area contributed by atoms with Gasteiger partial charge in [-0.2, -0.15) is 13.2 Å². The number of halogens is 4. The third-order valence-electron chi connectivity index (χ3n) is 3.57. The molecule has 0 radical (unpaired) electrons. The van der Waals surface area contributed by atoms with Crippen molar-refractivity contribution in [1.82, 2.24) is 9.88 Å². The van der Waals surface area contributed by atoms with E-state index in [9.17, 15) is 22.4 Å². The predicted molar refractivity (Wildman–Crippen MR) is 84.4 cm³/mol. The molecule has 0 aliphatic carbocycles. The van der Waals surface area contributed by atoms with Crippen molar-refractivity contribution in [3.05, 3.63) is 53.1 Å². The molecular formula is C17H18F4N2O2. The van der Waals surface area contributed by atoms with Crippen LogP contribution < -0.4 is 5.32 Å². The SMILES string of the molecule is Cc1cc(C(=O)NCCOCC(F)(F)F)c(C)n1-c1ccccc1F. The van der Waals surface area contributed by atoms with Gasteiger partial charge in [-0.3, -0.25) is 4.79 Å². The number of aromatic nitrogens is 1. The van der Waals surface area contributed by atoms with E-state index in [0.717, 1.165) is 0 Å². The monoisotopic (exact) mass is 358 g/mol. The molecule has 0 unspecified atom stereocenters. The van der Waals surface area contributed by atoms with Crippen LogP contribution in [0.2, 0.25) is 0 Å². The number of nitrogens with zero attached hydrogens (tertiary/aromatic N) is 1. The molecule has 0 saturated carbocycles. The number of benzene rings is 1. The van der Waals surface area contributed by atoms with E-state index >= 15 is 0 Å². The van der Waals surface area contributed by atoms with Gasteiger partial charge < -0.3 is 14.6 Å². The van der Waals surface area contributed by atoms with E-state index in [0.29, 0.717) is 22.6 Å². The summed E-state index contributed by atoms with van der Waals surface area (Å²) in [5.41, 5.74) is 1.86. The number of hydrogen-bond acceptors (Lipinski definition) is 2. The van der Waals surface area contributed by atoms with E-state index in [1.54, 1.807) is 42.7 Å². The zero-order chi connectivity index (χ0) is 18.6. The Hall–Kier alpha value is -2.35. The second-order valence-corrected chi connectivity index (χ2v) is 5.50. The molecule has 2 rings (SSSR count). The molecular weight excluding hydrogens is 340 g/mol. The molecule has 1 amide bonds. The first-order valence-corrected chi connectivity index (χ1v) is 7.57. The van der Waals surface area contributed by atoms with Gasteiger partial charge in [0.25, 0.3) is 5.91 Å². The normalized spacial score (nSPS) is 11.6. The van der Waals surface area contributed by atoms with Gasteiger partial charge in [0.05, 0.1) is 17.9 Å². The fraction of sp³-hybridized carbons (Fsp3) is 0.353. The number of aryl methyl sites for hydroxylation is 1. The van der Waals surface area contributed by atoms with E-state index < -0.39 is 24.5 Å². The third-order valence-corrected chi connectivity index (χ3v) is 3.57. The molecule has 0 aliphatic heterocycles. The number of amides is 1. The summed E-state index contributed by atoms with van der Waals surface area (Å²) in [5, 5.41) is 2.49. The van der Waals surface area contributed by atoms with Gasteiger partial charge in [0.15, 0.2) is 0 Å². The van der Waals surface area contributed by atoms with Crippen molar-refractivity contribution in [3.63, 3.8) is 0 Å². The molecule has 0 bridgehead atoms. The van der Waals surface area contributed by atoms with E-state index in [2.05, 4.69) is 10.1 Å². The van der Waals surface area contributed by atoms with Crippen molar-refractivity contribution < 1.29 is 27.1 Å². The zero-order valence-electron chi connectivity index (χ0n) is 13.8. The Labute approximate surface area is 142 Å². The third kappa shape index (κ3) is 4.82. The highest BCUT2D eigenvalue weighted by atomic mass is 19.4. The molecule has 0 fully saturated rings. The molecule has 4 nitrogen and oxygen atoms in total. The van der Waals surface area contributed by atoms with Crippen molar-refractivity contribution in [2.45, 2.75) is 20.0 Å². The minimum atomic E-state index is -4.39. The first-order valence-electron chi connectivity index (χ1n) is 7.57. The minimum absolute atomic E-state index is 0.0573. The van der Waals surface area contributed by atoms with Crippen molar-refractivity contribution in [2.24, 2.45) is 0 Å². The first-order chi connectivity index (χ1) is 11.7. The topological polar surface area (TPSA) is 43.3 Å². The van der Waals surface area contributed by atoms with Crippen LogP contribution in [0.1, 0.15) is 21.7 Å². The van der Waals surface area contributed by atoms with Gasteiger partial charge >= 0.3 is 6.18 Å². The Kier molecular flexibility index (Phi) is 5.84. The Balaban J connectivity index is 2.05. The summed E-state index contributed by atoms with van der Waals surface area (Å²) < 4.78 is 55.9. The number of carbonyl (C=O) groups excluding carboxylic acids is 1. The molecule has 0 spiro atoms. The van der Waals surface area contributed by atoms with Crippen LogP contribution in [0, 0.1) is 19.7 Å². The second-order valence-electron chi connectivity index (χ2n) is 5.50. The molecule has 25 heavy (non-hydrogen) atoms. The molecule has 8 heteroatoms. The molecule has 0 aliphatic rings. The zero-order valence-corrected chi connectivity index (χ0v) is 13.8. The van der Waals surface area contributed by atoms with Gasteiger partial charge in [0.1, 0.15) is 12.4 Å². The van der Waals surface area contributed by atoms with Crippen LogP contribution >= 0.6 is 0 Å². The Morgan fingerprint density at radius 1 is 1.24 bits per heavy atom. The Morgan fingerprint density at radius 3 is 2.56 bits per heavy atom. The lowest BCUT2D eigenvalue weighted by Crippen LogP contribution is -2.29. The summed E-state index contributed by atoms with van der Waals surface area (Å²) >= 11 is 0. The lowest BCUT2D eigenvalue weighted by Gasteiger charge is -2.11. The first kappa shape index (κ1) is 19.0. The smallest absolute Gasteiger partial charge is 0.370 e. The molecule has 136 valence electrons. The van der Waals surface area contributed by atoms with Gasteiger partial charge in [0, 0.05) is 17.9 Å². The number of carbonyl (C=O) groups is 1. The van der Waals surface area contributed by atoms with Crippen LogP contribution in [-0.2, 0) is 4.74 Å². The van der Waals surface area contributed by atoms with Gasteiger partial charge in [-0.05, 0) is 32.0 Å². The maximum absolute atomic E-state index is 14.0. The average Bonchev–Trinajstić information content (AvgIpc) is 2.81. The number of alkyl halides is 3. The lowest BCUT2D eigenvalue weighted by atomic mass is 10.2. The number of rotatable bonds is 6. The molecule has 1 N–H and O–H groups in total. The molecule has 0 saturated heterocycles. The summed E-state index contributed by atoms with van der Waals surface area (Å²) in [6.45, 7) is 1.75. The average molecular weight is 358 g/mol. The molecule has 1 heterocycles. The van der Waals surface area contributed by atoms with Gasteiger partial charge in [-0.15, -0.1) is 0 Å². The predicted octanol–water partition coefficient (Wildman–Crippen LogP) is 3.54. The Morgan fingerprint density at radius 2 is 1.92 bits per heavy atom. The lowest BCUT2D eigenvalue weighted by molar-refractivity contribution is -0.173. The van der Waals surface area contributed by atoms with Gasteiger partial charge in [0.2, 0.25) is 0 Å². The fourth-order valence-corrected chi connectivity index (χ4v) is 2.52. The summed E-state index contributed by atoms with van der Waals surface area (Å²) in [6, 6.07) is 7.79. The van der Waals surface area contributed by atoms with Crippen molar-refractivity contribution in [1.29, 1.82) is 0 Å². The number of ether oxygens (including phenoxy) is 1. The maximum atomic E-state index is 14.0. The van der Waals surface area contributed by atoms with Crippen molar-refractivity contribution >= 4 is 5.91 Å². The van der Waals surface area contributed by atoms with E-state index in [1.807, 2.05) is 0 Å². The highest BCUT2D eigenvalue weighted by Crippen LogP contribution is 2.22. The summed E-state index contributed by atoms with van der Waals surface area (Å²) in [7, 11) is 0. The number of para-hydroxylation sites is 1. The quantitative estimate of drug-likeness (QED) is 0.634. The summed E-state index contributed by atoms with van der Waals surface area (Å²) in [4.78, 5) is 12.2. The molecule has 1 aromatic carbocycles. The Bertz CT molecular complexity index is 754. The highest BCUT2D eigenvalue weighted by Gasteiger charge is 2.27. The van der Waals surface area contributed by atoms with E-state index in [4.69, 9.17) is 0 Å². The van der Waals surface area contributed by atoms with Crippen molar-refractivity contribution in [2.75, 3.05) is 19.8 Å². The fourth-order valence-electron chi connectivity index (χ4n) is 2.52. The van der Waals surface area contributed by atoms with Gasteiger partial charge in [-0.1, -0.05) is 12.1 Å². The van der Waals surface area contributed by atoms with E-state index in [-0.39, 0.29) is 13.2 Å². The second kappa shape index (κ2) is 7.69. The molecule has 2 aromatic rings. The van der Waals surface area contributed by atoms with E-state index in [1.165, 1.54) is 6.07 Å². The largest absolute Gasteiger partial charge is 0.411 e. The summed E-state index contributed by atoms with van der Waals surface area (Å²) in [5.74, 6) is -0.872. The maximum Gasteiger partial charge on any atom is 0.411 e. The minimum Gasteiger partial charge on any atom is -0.370 e. The standard InChI is InChI=1S/C17H18F4N2O2/c1-11-9-13(16(24)22-7-8-25-10-17(19,20)21)12(2)23(11)15-6-4-3-5-14(15)18/h3-6,9H,7-8,10H2,1-2H3,(H,22,24). The van der Waals surface area contributed by atoms with Crippen LogP contribution in [-0.4, -0.2) is 36.4 Å². The molecule has 0 atom stereocenters. The highest BCUT2D eigenvalue weighted by molar-refractivity contribution is 5.95. The van der Waals surface area contributed by atoms with Crippen LogP contribution in [0.15, 0.2) is 30.3 Å². The van der Waals surface area contributed by atoms with Gasteiger partial charge in [-0.25, -0.2) is 4.39 Å². The molecule has 1 aromatic heterocycles. The van der Waals surface area contributed by atoms with Crippen LogP contribution in [0.25, 0.3) is 5.69 Å². The summed E-state index contributed by atoms with van der Waals surface area (Å²) in [6.07, 6.45) is -4.39. The number of hydrogen-bond donors (Lipinski definition) is 1. The van der Waals surface area contributed by atoms with Crippen LogP contribution in [0.4, 0.5) is 17.6 Å².